The molecule has 2 rings (SSSR count). The third-order valence-electron chi connectivity index (χ3n) is 4.28. The lowest BCUT2D eigenvalue weighted by Crippen LogP contribution is -2.49. The van der Waals surface area contributed by atoms with E-state index in [2.05, 4.69) is 16.7 Å². The minimum atomic E-state index is -1.00. The van der Waals surface area contributed by atoms with Gasteiger partial charge in [-0.05, 0) is 31.2 Å². The minimum absolute atomic E-state index is 0.187. The summed E-state index contributed by atoms with van der Waals surface area (Å²) in [6.45, 7) is -0.520. The molecule has 0 unspecified atom stereocenters. The van der Waals surface area contributed by atoms with Crippen molar-refractivity contribution in [2.75, 3.05) is 6.61 Å². The lowest BCUT2D eigenvalue weighted by Gasteiger charge is -2.22. The number of esters is 1. The monoisotopic (exact) mass is 358 g/mol. The zero-order chi connectivity index (χ0) is 19.0. The summed E-state index contributed by atoms with van der Waals surface area (Å²) < 4.78 is 5.01. The largest absolute Gasteiger partial charge is 0.454 e. The van der Waals surface area contributed by atoms with Crippen LogP contribution in [0, 0.1) is 11.3 Å². The van der Waals surface area contributed by atoms with E-state index < -0.39 is 36.1 Å². The molecular weight excluding hydrogens is 336 g/mol. The second-order valence-electron chi connectivity index (χ2n) is 6.31. The lowest BCUT2D eigenvalue weighted by molar-refractivity contribution is -0.150. The fraction of sp³-hybridized carbons (Fsp3) is 0.444. The van der Waals surface area contributed by atoms with Crippen LogP contribution in [0.5, 0.6) is 0 Å². The zero-order valence-electron chi connectivity index (χ0n) is 14.4. The van der Waals surface area contributed by atoms with Crippen molar-refractivity contribution >= 4 is 17.9 Å². The first-order valence-electron chi connectivity index (χ1n) is 8.43. The van der Waals surface area contributed by atoms with Gasteiger partial charge in [-0.2, -0.15) is 5.26 Å². The van der Waals surface area contributed by atoms with Gasteiger partial charge in [-0.25, -0.2) is 9.59 Å². The van der Waals surface area contributed by atoms with Crippen LogP contribution in [-0.2, 0) is 20.7 Å². The fourth-order valence-electron chi connectivity index (χ4n) is 3.00. The maximum absolute atomic E-state index is 12.2. The molecule has 1 atom stereocenters. The Kier molecular flexibility index (Phi) is 6.55. The Morgan fingerprint density at radius 2 is 1.88 bits per heavy atom. The predicted molar refractivity (Wildman–Crippen MR) is 92.6 cm³/mol. The number of nitrogens with zero attached hydrogens (tertiary/aromatic N) is 1. The Labute approximate surface area is 151 Å². The number of primary amides is 1. The van der Waals surface area contributed by atoms with Gasteiger partial charge in [0.2, 0.25) is 0 Å². The Morgan fingerprint density at radius 1 is 1.23 bits per heavy atom. The molecule has 0 radical (unpaired) electrons. The van der Waals surface area contributed by atoms with Gasteiger partial charge in [0.05, 0.1) is 6.07 Å². The molecule has 1 aromatic carbocycles. The number of nitriles is 1. The van der Waals surface area contributed by atoms with Crippen molar-refractivity contribution in [1.29, 1.82) is 5.26 Å². The van der Waals surface area contributed by atoms with E-state index in [0.29, 0.717) is 12.8 Å². The van der Waals surface area contributed by atoms with Crippen LogP contribution in [0.1, 0.15) is 31.2 Å². The van der Waals surface area contributed by atoms with Gasteiger partial charge in [0.1, 0.15) is 11.6 Å². The van der Waals surface area contributed by atoms with Crippen LogP contribution in [0.25, 0.3) is 0 Å². The normalized spacial score (nSPS) is 16.1. The summed E-state index contributed by atoms with van der Waals surface area (Å²) in [4.78, 5) is 35.4. The highest BCUT2D eigenvalue weighted by Gasteiger charge is 2.35. The van der Waals surface area contributed by atoms with Crippen LogP contribution in [0.15, 0.2) is 30.3 Å². The van der Waals surface area contributed by atoms with Crippen LogP contribution in [-0.4, -0.2) is 36.1 Å². The number of carbonyl (C=O) groups is 3. The van der Waals surface area contributed by atoms with Crippen molar-refractivity contribution in [1.82, 2.24) is 10.6 Å². The van der Waals surface area contributed by atoms with E-state index in [4.69, 9.17) is 10.5 Å². The van der Waals surface area contributed by atoms with Gasteiger partial charge in [-0.1, -0.05) is 30.3 Å². The average molecular weight is 358 g/mol. The summed E-state index contributed by atoms with van der Waals surface area (Å²) >= 11 is 0. The molecule has 1 aromatic rings. The Morgan fingerprint density at radius 3 is 2.46 bits per heavy atom. The van der Waals surface area contributed by atoms with Gasteiger partial charge < -0.3 is 21.1 Å². The summed E-state index contributed by atoms with van der Waals surface area (Å²) in [5.74, 6) is -1.31. The highest BCUT2D eigenvalue weighted by Crippen LogP contribution is 2.28. The lowest BCUT2D eigenvalue weighted by atomic mass is 10.00. The molecule has 0 bridgehead atoms. The molecule has 1 fully saturated rings. The van der Waals surface area contributed by atoms with Crippen LogP contribution in [0.3, 0.4) is 0 Å². The first kappa shape index (κ1) is 19.2. The van der Waals surface area contributed by atoms with Gasteiger partial charge in [0.25, 0.3) is 5.91 Å². The molecule has 0 saturated heterocycles. The first-order chi connectivity index (χ1) is 12.4. The van der Waals surface area contributed by atoms with E-state index in [0.717, 1.165) is 18.4 Å². The molecule has 1 aliphatic rings. The minimum Gasteiger partial charge on any atom is -0.454 e. The maximum Gasteiger partial charge on any atom is 0.329 e. The molecule has 0 aliphatic heterocycles. The molecule has 1 saturated carbocycles. The van der Waals surface area contributed by atoms with E-state index >= 15 is 0 Å². The number of rotatable bonds is 7. The van der Waals surface area contributed by atoms with Gasteiger partial charge >= 0.3 is 12.0 Å². The molecule has 8 heteroatoms. The second kappa shape index (κ2) is 8.85. The molecule has 4 N–H and O–H groups in total. The topological polar surface area (TPSA) is 134 Å². The standard InChI is InChI=1S/C18H22N4O4/c19-12-18(8-4-5-9-18)22-15(23)11-26-16(24)14(21-17(20)25)10-13-6-2-1-3-7-13/h1-3,6-7,14H,4-5,8-11H2,(H,22,23)(H3,20,21,25)/t14-/m0/s1. The number of hydrogen-bond donors (Lipinski definition) is 3. The van der Waals surface area contributed by atoms with E-state index in [1.807, 2.05) is 6.07 Å². The van der Waals surface area contributed by atoms with Crippen LogP contribution < -0.4 is 16.4 Å². The highest BCUT2D eigenvalue weighted by molar-refractivity contribution is 5.86. The average Bonchev–Trinajstić information content (AvgIpc) is 3.08. The third-order valence-corrected chi connectivity index (χ3v) is 4.28. The molecule has 1 aliphatic carbocycles. The third kappa shape index (κ3) is 5.48. The number of carbonyl (C=O) groups excluding carboxylic acids is 3. The molecule has 0 heterocycles. The van der Waals surface area contributed by atoms with Gasteiger partial charge in [0, 0.05) is 6.42 Å². The number of hydrogen-bond acceptors (Lipinski definition) is 5. The molecular formula is C18H22N4O4. The van der Waals surface area contributed by atoms with E-state index in [9.17, 15) is 19.6 Å². The molecule has 8 nitrogen and oxygen atoms in total. The van der Waals surface area contributed by atoms with Gasteiger partial charge in [-0.3, -0.25) is 4.79 Å². The van der Waals surface area contributed by atoms with Crippen molar-refractivity contribution in [3.63, 3.8) is 0 Å². The summed E-state index contributed by atoms with van der Waals surface area (Å²) in [5, 5.41) is 14.2. The summed E-state index contributed by atoms with van der Waals surface area (Å²) in [6, 6.07) is 9.31. The maximum atomic E-state index is 12.2. The molecule has 138 valence electrons. The fourth-order valence-corrected chi connectivity index (χ4v) is 3.00. The number of benzene rings is 1. The summed E-state index contributed by atoms with van der Waals surface area (Å²) in [6.07, 6.45) is 3.10. The van der Waals surface area contributed by atoms with E-state index in [1.165, 1.54) is 0 Å². The molecule has 26 heavy (non-hydrogen) atoms. The van der Waals surface area contributed by atoms with Crippen molar-refractivity contribution in [2.24, 2.45) is 5.73 Å². The number of ether oxygens (including phenoxy) is 1. The molecule has 0 aromatic heterocycles. The van der Waals surface area contributed by atoms with Gasteiger partial charge in [-0.15, -0.1) is 0 Å². The second-order valence-corrected chi connectivity index (χ2v) is 6.31. The molecule has 0 spiro atoms. The summed E-state index contributed by atoms with van der Waals surface area (Å²) in [7, 11) is 0. The quantitative estimate of drug-likeness (QED) is 0.619. The first-order valence-corrected chi connectivity index (χ1v) is 8.43. The SMILES string of the molecule is N#CC1(NC(=O)COC(=O)[C@H](Cc2ccccc2)NC(N)=O)CCCC1. The zero-order valence-corrected chi connectivity index (χ0v) is 14.4. The summed E-state index contributed by atoms with van der Waals surface area (Å²) in [5.41, 5.74) is 5.04. The van der Waals surface area contributed by atoms with Crippen LogP contribution in [0.2, 0.25) is 0 Å². The van der Waals surface area contributed by atoms with Gasteiger partial charge in [0.15, 0.2) is 6.61 Å². The van der Waals surface area contributed by atoms with Crippen LogP contribution in [0.4, 0.5) is 4.79 Å². The number of nitrogens with one attached hydrogen (secondary N) is 2. The Balaban J connectivity index is 1.90. The number of nitrogens with two attached hydrogens (primary N) is 1. The van der Waals surface area contributed by atoms with E-state index in [1.54, 1.807) is 24.3 Å². The van der Waals surface area contributed by atoms with Crippen molar-refractivity contribution < 1.29 is 19.1 Å². The number of urea groups is 1. The smallest absolute Gasteiger partial charge is 0.329 e. The van der Waals surface area contributed by atoms with E-state index in [-0.39, 0.29) is 6.42 Å². The van der Waals surface area contributed by atoms with Crippen molar-refractivity contribution in [2.45, 2.75) is 43.7 Å². The predicted octanol–water partition coefficient (Wildman–Crippen LogP) is 0.762. The van der Waals surface area contributed by atoms with Crippen molar-refractivity contribution in [3.8, 4) is 6.07 Å². The Bertz CT molecular complexity index is 693. The molecule has 3 amide bonds. The van der Waals surface area contributed by atoms with Crippen LogP contribution >= 0.6 is 0 Å². The van der Waals surface area contributed by atoms with Crippen molar-refractivity contribution in [3.05, 3.63) is 35.9 Å². The highest BCUT2D eigenvalue weighted by atomic mass is 16.5. The number of amides is 3. The Hall–Kier alpha value is -3.08.